The highest BCUT2D eigenvalue weighted by Gasteiger charge is 2.30. The Bertz CT molecular complexity index is 800. The van der Waals surface area contributed by atoms with Gasteiger partial charge in [0.1, 0.15) is 11.4 Å². The van der Waals surface area contributed by atoms with Crippen molar-refractivity contribution in [2.75, 3.05) is 12.4 Å². The second-order valence-corrected chi connectivity index (χ2v) is 6.26. The fourth-order valence-electron chi connectivity index (χ4n) is 2.68. The number of carbonyl (C=O) groups is 2. The summed E-state index contributed by atoms with van der Waals surface area (Å²) in [5.74, 6) is 0.755. The maximum Gasteiger partial charge on any atom is 0.303 e. The highest BCUT2D eigenvalue weighted by molar-refractivity contribution is 5.91. The molecule has 0 radical (unpaired) electrons. The molecule has 9 heteroatoms. The van der Waals surface area contributed by atoms with Crippen LogP contribution in [0.2, 0.25) is 0 Å². The molecule has 138 valence electrons. The molecule has 2 aromatic rings. The van der Waals surface area contributed by atoms with Gasteiger partial charge in [0, 0.05) is 24.4 Å². The minimum Gasteiger partial charge on any atom is -0.494 e. The van der Waals surface area contributed by atoms with Gasteiger partial charge in [0.15, 0.2) is 5.82 Å². The number of nitrogens with one attached hydrogen (secondary N) is 1. The molecule has 0 saturated heterocycles. The van der Waals surface area contributed by atoms with Gasteiger partial charge in [-0.2, -0.15) is 4.68 Å². The van der Waals surface area contributed by atoms with Crippen LogP contribution in [0.25, 0.3) is 5.69 Å². The first-order chi connectivity index (χ1) is 12.6. The number of tetrazole rings is 1. The molecule has 1 aliphatic rings. The van der Waals surface area contributed by atoms with E-state index in [1.807, 2.05) is 0 Å². The predicted molar refractivity (Wildman–Crippen MR) is 92.4 cm³/mol. The lowest BCUT2D eigenvalue weighted by Crippen LogP contribution is -2.12. The van der Waals surface area contributed by atoms with E-state index in [-0.39, 0.29) is 18.7 Å². The molecule has 0 aliphatic heterocycles. The van der Waals surface area contributed by atoms with Gasteiger partial charge in [0.25, 0.3) is 0 Å². The van der Waals surface area contributed by atoms with Crippen LogP contribution in [0.4, 0.5) is 5.69 Å². The second kappa shape index (κ2) is 7.94. The van der Waals surface area contributed by atoms with E-state index in [4.69, 9.17) is 9.84 Å². The number of hydrogen-bond acceptors (Lipinski definition) is 6. The first-order valence-corrected chi connectivity index (χ1v) is 8.57. The van der Waals surface area contributed by atoms with E-state index in [1.54, 1.807) is 30.0 Å². The van der Waals surface area contributed by atoms with Gasteiger partial charge in [-0.15, -0.1) is 5.10 Å². The predicted octanol–water partition coefficient (Wildman–Crippen LogP) is 2.13. The highest BCUT2D eigenvalue weighted by Crippen LogP contribution is 2.40. The number of carboxylic acid groups (broad SMARTS) is 1. The average Bonchev–Trinajstić information content (AvgIpc) is 3.35. The molecule has 1 heterocycles. The molecule has 1 aliphatic carbocycles. The first-order valence-electron chi connectivity index (χ1n) is 8.57. The van der Waals surface area contributed by atoms with Crippen molar-refractivity contribution in [3.05, 3.63) is 24.0 Å². The molecule has 0 spiro atoms. The van der Waals surface area contributed by atoms with Crippen LogP contribution >= 0.6 is 0 Å². The Morgan fingerprint density at radius 3 is 2.77 bits per heavy atom. The number of nitrogens with zero attached hydrogens (tertiary/aromatic N) is 4. The Balaban J connectivity index is 1.70. The molecule has 0 bridgehead atoms. The minimum atomic E-state index is -0.849. The van der Waals surface area contributed by atoms with Gasteiger partial charge in [-0.05, 0) is 54.3 Å². The summed E-state index contributed by atoms with van der Waals surface area (Å²) in [6.45, 7) is 0. The summed E-state index contributed by atoms with van der Waals surface area (Å²) in [5, 5.41) is 23.4. The molecule has 1 fully saturated rings. The van der Waals surface area contributed by atoms with E-state index in [1.165, 1.54) is 0 Å². The normalized spacial score (nSPS) is 13.4. The quantitative estimate of drug-likeness (QED) is 0.658. The third-order valence-corrected chi connectivity index (χ3v) is 4.17. The summed E-state index contributed by atoms with van der Waals surface area (Å²) >= 11 is 0. The topological polar surface area (TPSA) is 119 Å². The summed E-state index contributed by atoms with van der Waals surface area (Å²) in [6, 6.07) is 5.28. The van der Waals surface area contributed by atoms with Gasteiger partial charge in [0.2, 0.25) is 5.91 Å². The minimum absolute atomic E-state index is 0.0726. The molecular formula is C17H21N5O4. The largest absolute Gasteiger partial charge is 0.494 e. The summed E-state index contributed by atoms with van der Waals surface area (Å²) in [7, 11) is 1.57. The van der Waals surface area contributed by atoms with Gasteiger partial charge >= 0.3 is 5.97 Å². The second-order valence-electron chi connectivity index (χ2n) is 6.26. The van der Waals surface area contributed by atoms with Crippen LogP contribution in [0.15, 0.2) is 18.2 Å². The van der Waals surface area contributed by atoms with Crippen LogP contribution < -0.4 is 10.1 Å². The number of hydrogen-bond donors (Lipinski definition) is 2. The van der Waals surface area contributed by atoms with E-state index in [0.29, 0.717) is 35.9 Å². The lowest BCUT2D eigenvalue weighted by Gasteiger charge is -2.12. The Labute approximate surface area is 150 Å². The number of carboxylic acids is 1. The lowest BCUT2D eigenvalue weighted by molar-refractivity contribution is -0.137. The number of aliphatic carboxylic acids is 1. The number of methoxy groups -OCH3 is 1. The van der Waals surface area contributed by atoms with Gasteiger partial charge in [0.05, 0.1) is 7.11 Å². The smallest absolute Gasteiger partial charge is 0.303 e. The number of amides is 1. The molecular weight excluding hydrogens is 338 g/mol. The Morgan fingerprint density at radius 2 is 2.08 bits per heavy atom. The fraction of sp³-hybridized carbons (Fsp3) is 0.471. The van der Waals surface area contributed by atoms with Gasteiger partial charge < -0.3 is 15.2 Å². The molecule has 9 nitrogen and oxygen atoms in total. The monoisotopic (exact) mass is 359 g/mol. The number of anilines is 1. The third-order valence-electron chi connectivity index (χ3n) is 4.17. The SMILES string of the molecule is COc1ccc(NC(=O)CCCCC(=O)O)cc1-n1nnnc1C1CC1. The van der Waals surface area contributed by atoms with Crippen LogP contribution in [0, 0.1) is 0 Å². The van der Waals surface area contributed by atoms with E-state index >= 15 is 0 Å². The van der Waals surface area contributed by atoms with Crippen molar-refractivity contribution in [2.45, 2.75) is 44.4 Å². The fourth-order valence-corrected chi connectivity index (χ4v) is 2.68. The number of ether oxygens (including phenoxy) is 1. The molecule has 26 heavy (non-hydrogen) atoms. The third kappa shape index (κ3) is 4.35. The first kappa shape index (κ1) is 17.8. The number of benzene rings is 1. The standard InChI is InChI=1S/C17H21N5O4/c1-26-14-9-8-12(18-15(23)4-2-3-5-16(24)25)10-13(14)22-17(11-6-7-11)19-20-21-22/h8-11H,2-7H2,1H3,(H,18,23)(H,24,25). The maximum absolute atomic E-state index is 12.1. The van der Waals surface area contributed by atoms with Crippen LogP contribution in [-0.2, 0) is 9.59 Å². The summed E-state index contributed by atoms with van der Waals surface area (Å²) in [6.07, 6.45) is 3.48. The molecule has 1 saturated carbocycles. The highest BCUT2D eigenvalue weighted by atomic mass is 16.5. The van der Waals surface area contributed by atoms with Crippen molar-refractivity contribution in [3.8, 4) is 11.4 Å². The summed E-state index contributed by atoms with van der Waals surface area (Å²) in [4.78, 5) is 22.6. The summed E-state index contributed by atoms with van der Waals surface area (Å²) in [5.41, 5.74) is 1.28. The van der Waals surface area contributed by atoms with Crippen molar-refractivity contribution in [1.29, 1.82) is 0 Å². The number of rotatable bonds is 9. The Hall–Kier alpha value is -2.97. The summed E-state index contributed by atoms with van der Waals surface area (Å²) < 4.78 is 7.05. The van der Waals surface area contributed by atoms with Crippen molar-refractivity contribution < 1.29 is 19.4 Å². The maximum atomic E-state index is 12.1. The zero-order valence-electron chi connectivity index (χ0n) is 14.5. The molecule has 0 unspecified atom stereocenters. The van der Waals surface area contributed by atoms with Crippen LogP contribution in [-0.4, -0.2) is 44.3 Å². The lowest BCUT2D eigenvalue weighted by atomic mass is 10.2. The number of carbonyl (C=O) groups excluding carboxylic acids is 1. The zero-order valence-corrected chi connectivity index (χ0v) is 14.5. The van der Waals surface area contributed by atoms with Gasteiger partial charge in [-0.3, -0.25) is 9.59 Å². The van der Waals surface area contributed by atoms with Crippen LogP contribution in [0.5, 0.6) is 5.75 Å². The van der Waals surface area contributed by atoms with Crippen molar-refractivity contribution in [2.24, 2.45) is 0 Å². The van der Waals surface area contributed by atoms with Crippen molar-refractivity contribution in [1.82, 2.24) is 20.2 Å². The Kier molecular flexibility index (Phi) is 5.45. The molecule has 1 aromatic heterocycles. The Morgan fingerprint density at radius 1 is 1.31 bits per heavy atom. The van der Waals surface area contributed by atoms with Gasteiger partial charge in [-0.25, -0.2) is 0 Å². The van der Waals surface area contributed by atoms with E-state index in [0.717, 1.165) is 18.7 Å². The number of unbranched alkanes of at least 4 members (excludes halogenated alkanes) is 1. The number of aromatic nitrogens is 4. The molecule has 2 N–H and O–H groups in total. The van der Waals surface area contributed by atoms with Crippen molar-refractivity contribution >= 4 is 17.6 Å². The van der Waals surface area contributed by atoms with E-state index in [9.17, 15) is 9.59 Å². The van der Waals surface area contributed by atoms with Crippen LogP contribution in [0.3, 0.4) is 0 Å². The molecule has 0 atom stereocenters. The molecule has 3 rings (SSSR count). The van der Waals surface area contributed by atoms with E-state index in [2.05, 4.69) is 20.8 Å². The van der Waals surface area contributed by atoms with E-state index < -0.39 is 5.97 Å². The molecule has 1 amide bonds. The zero-order chi connectivity index (χ0) is 18.5. The average molecular weight is 359 g/mol. The van der Waals surface area contributed by atoms with Crippen molar-refractivity contribution in [3.63, 3.8) is 0 Å². The van der Waals surface area contributed by atoms with Crippen LogP contribution in [0.1, 0.15) is 50.3 Å². The van der Waals surface area contributed by atoms with Gasteiger partial charge in [-0.1, -0.05) is 0 Å². The molecule has 1 aromatic carbocycles.